The SMILES string of the molecule is Br.CCCCPC. The van der Waals surface area contributed by atoms with Crippen molar-refractivity contribution in [3.63, 3.8) is 0 Å². The summed E-state index contributed by atoms with van der Waals surface area (Å²) < 4.78 is 0. The summed E-state index contributed by atoms with van der Waals surface area (Å²) in [6.45, 7) is 4.50. The number of halogens is 1. The van der Waals surface area contributed by atoms with Crippen molar-refractivity contribution in [3.05, 3.63) is 0 Å². The van der Waals surface area contributed by atoms with Gasteiger partial charge in [-0.2, -0.15) is 0 Å². The van der Waals surface area contributed by atoms with E-state index in [0.29, 0.717) is 0 Å². The van der Waals surface area contributed by atoms with Gasteiger partial charge in [-0.1, -0.05) is 13.3 Å². The Kier molecular flexibility index (Phi) is 15.5. The lowest BCUT2D eigenvalue weighted by atomic mass is 10.4. The van der Waals surface area contributed by atoms with Crippen molar-refractivity contribution in [2.24, 2.45) is 0 Å². The zero-order valence-electron chi connectivity index (χ0n) is 5.03. The van der Waals surface area contributed by atoms with Crippen LogP contribution in [-0.4, -0.2) is 12.8 Å². The van der Waals surface area contributed by atoms with Gasteiger partial charge < -0.3 is 0 Å². The second-order valence-electron chi connectivity index (χ2n) is 1.46. The molecule has 0 fully saturated rings. The summed E-state index contributed by atoms with van der Waals surface area (Å²) in [6.07, 6.45) is 4.23. The molecular formula is C5H14BrP. The first kappa shape index (κ1) is 10.8. The molecule has 46 valence electrons. The van der Waals surface area contributed by atoms with E-state index in [-0.39, 0.29) is 17.0 Å². The lowest BCUT2D eigenvalue weighted by Gasteiger charge is -1.86. The topological polar surface area (TPSA) is 0 Å². The zero-order chi connectivity index (χ0) is 4.83. The summed E-state index contributed by atoms with van der Waals surface area (Å²) in [5.41, 5.74) is 0. The first-order valence-corrected chi connectivity index (χ1v) is 4.27. The van der Waals surface area contributed by atoms with Crippen LogP contribution in [0.5, 0.6) is 0 Å². The third kappa shape index (κ3) is 10.9. The quantitative estimate of drug-likeness (QED) is 0.468. The first-order valence-electron chi connectivity index (χ1n) is 2.56. The summed E-state index contributed by atoms with van der Waals surface area (Å²) in [5.74, 6) is 0. The summed E-state index contributed by atoms with van der Waals surface area (Å²) in [7, 11) is 1.16. The van der Waals surface area contributed by atoms with Crippen molar-refractivity contribution < 1.29 is 0 Å². The minimum absolute atomic E-state index is 0. The molecule has 0 saturated heterocycles. The van der Waals surface area contributed by atoms with Gasteiger partial charge in [0.2, 0.25) is 0 Å². The van der Waals surface area contributed by atoms with Crippen molar-refractivity contribution in [2.75, 3.05) is 12.8 Å². The molecule has 0 amide bonds. The highest BCUT2D eigenvalue weighted by Gasteiger charge is 1.74. The number of unbranched alkanes of at least 4 members (excludes halogenated alkanes) is 1. The van der Waals surface area contributed by atoms with Gasteiger partial charge in [-0.3, -0.25) is 0 Å². The van der Waals surface area contributed by atoms with Gasteiger partial charge in [0.05, 0.1) is 0 Å². The third-order valence-electron chi connectivity index (χ3n) is 0.780. The maximum atomic E-state index is 2.26. The maximum absolute atomic E-state index is 2.26. The Balaban J connectivity index is 0. The van der Waals surface area contributed by atoms with Crippen molar-refractivity contribution in [1.82, 2.24) is 0 Å². The number of hydrogen-bond acceptors (Lipinski definition) is 0. The van der Waals surface area contributed by atoms with Crippen molar-refractivity contribution >= 4 is 25.6 Å². The van der Waals surface area contributed by atoms with E-state index in [1.807, 2.05) is 0 Å². The zero-order valence-corrected chi connectivity index (χ0v) is 7.74. The van der Waals surface area contributed by atoms with E-state index in [4.69, 9.17) is 0 Å². The summed E-state index contributed by atoms with van der Waals surface area (Å²) in [5, 5.41) is 0. The second kappa shape index (κ2) is 10.0. The van der Waals surface area contributed by atoms with Crippen LogP contribution >= 0.6 is 25.6 Å². The lowest BCUT2D eigenvalue weighted by molar-refractivity contribution is 0.895. The van der Waals surface area contributed by atoms with Crippen LogP contribution in [0.15, 0.2) is 0 Å². The lowest BCUT2D eigenvalue weighted by Crippen LogP contribution is -1.69. The van der Waals surface area contributed by atoms with Gasteiger partial charge in [-0.15, -0.1) is 25.6 Å². The predicted molar refractivity (Wildman–Crippen MR) is 44.3 cm³/mol. The fraction of sp³-hybridized carbons (Fsp3) is 1.00. The molecule has 0 aromatic heterocycles. The van der Waals surface area contributed by atoms with Crippen LogP contribution in [0.3, 0.4) is 0 Å². The molecule has 0 aromatic carbocycles. The van der Waals surface area contributed by atoms with Gasteiger partial charge in [-0.05, 0) is 19.2 Å². The van der Waals surface area contributed by atoms with E-state index in [2.05, 4.69) is 13.6 Å². The molecule has 1 unspecified atom stereocenters. The van der Waals surface area contributed by atoms with Crippen molar-refractivity contribution in [3.8, 4) is 0 Å². The summed E-state index contributed by atoms with van der Waals surface area (Å²) in [6, 6.07) is 0. The minimum Gasteiger partial charge on any atom is -0.125 e. The van der Waals surface area contributed by atoms with Crippen molar-refractivity contribution in [2.45, 2.75) is 19.8 Å². The predicted octanol–water partition coefficient (Wildman–Crippen LogP) is 2.67. The van der Waals surface area contributed by atoms with Crippen molar-refractivity contribution in [1.29, 1.82) is 0 Å². The molecule has 0 saturated carbocycles. The molecule has 0 nitrogen and oxygen atoms in total. The highest BCUT2D eigenvalue weighted by molar-refractivity contribution is 8.93. The van der Waals surface area contributed by atoms with Crippen LogP contribution in [0.25, 0.3) is 0 Å². The Morgan fingerprint density at radius 1 is 1.43 bits per heavy atom. The fourth-order valence-corrected chi connectivity index (χ4v) is 1.06. The molecule has 0 N–H and O–H groups in total. The van der Waals surface area contributed by atoms with Crippen LogP contribution in [-0.2, 0) is 0 Å². The minimum atomic E-state index is 0. The molecule has 1 atom stereocenters. The summed E-state index contributed by atoms with van der Waals surface area (Å²) >= 11 is 0. The molecule has 7 heavy (non-hydrogen) atoms. The van der Waals surface area contributed by atoms with Crippen LogP contribution in [0, 0.1) is 0 Å². The Hall–Kier alpha value is 0.910. The number of rotatable bonds is 3. The normalized spacial score (nSPS) is 9.43. The molecule has 0 radical (unpaired) electrons. The van der Waals surface area contributed by atoms with Crippen LogP contribution < -0.4 is 0 Å². The average molecular weight is 185 g/mol. The van der Waals surface area contributed by atoms with E-state index < -0.39 is 0 Å². The molecular weight excluding hydrogens is 171 g/mol. The highest BCUT2D eigenvalue weighted by Crippen LogP contribution is 2.04. The van der Waals surface area contributed by atoms with Gasteiger partial charge in [0.15, 0.2) is 0 Å². The van der Waals surface area contributed by atoms with E-state index in [1.165, 1.54) is 19.0 Å². The molecule has 2 heteroatoms. The molecule has 0 aliphatic carbocycles. The van der Waals surface area contributed by atoms with Gasteiger partial charge in [0.25, 0.3) is 0 Å². The molecule has 0 aromatic rings. The Morgan fingerprint density at radius 3 is 2.14 bits per heavy atom. The van der Waals surface area contributed by atoms with Gasteiger partial charge >= 0.3 is 0 Å². The summed E-state index contributed by atoms with van der Waals surface area (Å²) in [4.78, 5) is 0. The average Bonchev–Trinajstić information content (AvgIpc) is 1.61. The molecule has 0 aliphatic rings. The largest absolute Gasteiger partial charge is 0.125 e. The molecule has 0 rings (SSSR count). The van der Waals surface area contributed by atoms with Gasteiger partial charge in [-0.25, -0.2) is 0 Å². The standard InChI is InChI=1S/C5H13P.BrH/c1-3-4-5-6-2;/h6H,3-5H2,1-2H3;1H. The maximum Gasteiger partial charge on any atom is -0.0356 e. The van der Waals surface area contributed by atoms with Crippen LogP contribution in [0.4, 0.5) is 0 Å². The van der Waals surface area contributed by atoms with E-state index in [0.717, 1.165) is 8.58 Å². The Morgan fingerprint density at radius 2 is 2.00 bits per heavy atom. The highest BCUT2D eigenvalue weighted by atomic mass is 79.9. The molecule has 0 aliphatic heterocycles. The molecule has 0 heterocycles. The molecule has 0 spiro atoms. The van der Waals surface area contributed by atoms with Crippen LogP contribution in [0.1, 0.15) is 19.8 Å². The molecule has 0 bridgehead atoms. The number of hydrogen-bond donors (Lipinski definition) is 0. The second-order valence-corrected chi connectivity index (χ2v) is 2.66. The van der Waals surface area contributed by atoms with E-state index in [1.54, 1.807) is 0 Å². The van der Waals surface area contributed by atoms with Crippen LogP contribution in [0.2, 0.25) is 0 Å². The Bertz CT molecular complexity index is 20.0. The van der Waals surface area contributed by atoms with E-state index >= 15 is 0 Å². The van der Waals surface area contributed by atoms with Gasteiger partial charge in [0, 0.05) is 0 Å². The third-order valence-corrected chi connectivity index (χ3v) is 1.63. The monoisotopic (exact) mass is 184 g/mol. The first-order chi connectivity index (χ1) is 2.91. The van der Waals surface area contributed by atoms with Gasteiger partial charge in [0.1, 0.15) is 0 Å². The Labute approximate surface area is 58.6 Å². The van der Waals surface area contributed by atoms with E-state index in [9.17, 15) is 0 Å². The smallest absolute Gasteiger partial charge is 0.0356 e. The fourth-order valence-electron chi connectivity index (χ4n) is 0.354.